The van der Waals surface area contributed by atoms with Crippen molar-refractivity contribution in [3.05, 3.63) is 69.8 Å². The predicted molar refractivity (Wildman–Crippen MR) is 146 cm³/mol. The number of nitrogens with zero attached hydrogens (tertiary/aromatic N) is 6. The maximum Gasteiger partial charge on any atom is 0.263 e. The van der Waals surface area contributed by atoms with Gasteiger partial charge in [-0.15, -0.1) is 11.3 Å². The minimum absolute atomic E-state index is 0.0182. The number of aromatic nitrogens is 4. The van der Waals surface area contributed by atoms with E-state index >= 15 is 0 Å². The Morgan fingerprint density at radius 2 is 1.82 bits per heavy atom. The van der Waals surface area contributed by atoms with Gasteiger partial charge in [0, 0.05) is 49.1 Å². The van der Waals surface area contributed by atoms with Gasteiger partial charge in [-0.05, 0) is 37.1 Å². The van der Waals surface area contributed by atoms with Crippen LogP contribution >= 0.6 is 11.3 Å². The number of thiophene rings is 1. The number of aryl methyl sites for hydroxylation is 2. The van der Waals surface area contributed by atoms with E-state index in [1.807, 2.05) is 30.0 Å². The summed E-state index contributed by atoms with van der Waals surface area (Å²) in [6, 6.07) is 9.19. The molecular formula is C25H27N7O4S2. The second-order valence-corrected chi connectivity index (χ2v) is 12.0. The van der Waals surface area contributed by atoms with Crippen LogP contribution < -0.4 is 15.8 Å². The second kappa shape index (κ2) is 10.6. The number of carbonyl (C=O) groups is 1. The third-order valence-electron chi connectivity index (χ3n) is 6.40. The lowest BCUT2D eigenvalue weighted by molar-refractivity contribution is -0.116. The van der Waals surface area contributed by atoms with E-state index in [4.69, 9.17) is 0 Å². The molecule has 0 aliphatic carbocycles. The van der Waals surface area contributed by atoms with Crippen LogP contribution in [0.15, 0.2) is 58.7 Å². The van der Waals surface area contributed by atoms with Gasteiger partial charge in [-0.3, -0.25) is 14.2 Å². The van der Waals surface area contributed by atoms with Crippen LogP contribution in [0.4, 0.5) is 11.6 Å². The molecule has 0 spiro atoms. The molecule has 1 aliphatic rings. The van der Waals surface area contributed by atoms with Crippen LogP contribution in [0.5, 0.6) is 0 Å². The Morgan fingerprint density at radius 1 is 1.08 bits per heavy atom. The summed E-state index contributed by atoms with van der Waals surface area (Å²) in [6.07, 6.45) is 5.41. The van der Waals surface area contributed by atoms with Crippen molar-refractivity contribution < 1.29 is 13.2 Å². The van der Waals surface area contributed by atoms with Gasteiger partial charge in [-0.25, -0.2) is 23.4 Å². The summed E-state index contributed by atoms with van der Waals surface area (Å²) in [5.74, 6) is 0.144. The van der Waals surface area contributed by atoms with E-state index < -0.39 is 21.5 Å². The van der Waals surface area contributed by atoms with Crippen molar-refractivity contribution >= 4 is 49.1 Å². The fraction of sp³-hybridized carbons (Fsp3) is 0.320. The lowest BCUT2D eigenvalue weighted by Crippen LogP contribution is -2.49. The number of amides is 1. The standard InChI is InChI=1S/C25H27N7O4S2/c1-3-18-6-4-7-19(14-18)29-20(33)15-31-16-28-23-21(24(31)34)22(17(2)37-23)38(35,36)32-12-10-30(11-13-32)25-26-8-5-9-27-25/h4-9,14,16H,3,10-13,15H2,1-2H3,(H,29,33). The maximum absolute atomic E-state index is 13.7. The Bertz CT molecular complexity index is 1640. The average Bonchev–Trinajstić information content (AvgIpc) is 3.28. The minimum Gasteiger partial charge on any atom is -0.338 e. The minimum atomic E-state index is -3.98. The number of rotatable bonds is 7. The SMILES string of the molecule is CCc1cccc(NC(=O)Cn2cnc3sc(C)c(S(=O)(=O)N4CCN(c5ncccn5)CC4)c3c2=O)c1. The van der Waals surface area contributed by atoms with E-state index in [9.17, 15) is 18.0 Å². The van der Waals surface area contributed by atoms with Crippen LogP contribution in [0, 0.1) is 6.92 Å². The number of sulfonamides is 1. The van der Waals surface area contributed by atoms with Gasteiger partial charge in [-0.2, -0.15) is 4.31 Å². The van der Waals surface area contributed by atoms with Crippen molar-refractivity contribution in [2.75, 3.05) is 36.4 Å². The van der Waals surface area contributed by atoms with Crippen LogP contribution in [0.25, 0.3) is 10.2 Å². The second-order valence-electron chi connectivity index (χ2n) is 8.89. The number of anilines is 2. The molecule has 38 heavy (non-hydrogen) atoms. The molecule has 1 fully saturated rings. The van der Waals surface area contributed by atoms with E-state index in [2.05, 4.69) is 20.3 Å². The average molecular weight is 554 g/mol. The zero-order valence-corrected chi connectivity index (χ0v) is 22.6. The van der Waals surface area contributed by atoms with Crippen LogP contribution in [-0.4, -0.2) is 64.3 Å². The summed E-state index contributed by atoms with van der Waals surface area (Å²) in [6.45, 7) is 4.70. The number of hydrogen-bond donors (Lipinski definition) is 1. The highest BCUT2D eigenvalue weighted by atomic mass is 32.2. The van der Waals surface area contributed by atoms with Gasteiger partial charge in [0.05, 0.1) is 11.7 Å². The van der Waals surface area contributed by atoms with Gasteiger partial charge in [-0.1, -0.05) is 19.1 Å². The molecule has 1 saturated heterocycles. The van der Waals surface area contributed by atoms with E-state index in [0.29, 0.717) is 34.4 Å². The van der Waals surface area contributed by atoms with E-state index in [1.165, 1.54) is 10.6 Å². The molecule has 4 heterocycles. The largest absolute Gasteiger partial charge is 0.338 e. The van der Waals surface area contributed by atoms with Gasteiger partial charge in [0.25, 0.3) is 5.56 Å². The summed E-state index contributed by atoms with van der Waals surface area (Å²) in [5, 5.41) is 2.81. The highest BCUT2D eigenvalue weighted by molar-refractivity contribution is 7.89. The third-order valence-corrected chi connectivity index (χ3v) is 9.62. The maximum atomic E-state index is 13.7. The topological polar surface area (TPSA) is 130 Å². The predicted octanol–water partition coefficient (Wildman–Crippen LogP) is 2.27. The highest BCUT2D eigenvalue weighted by Gasteiger charge is 2.34. The molecule has 1 aliphatic heterocycles. The van der Waals surface area contributed by atoms with E-state index in [-0.39, 0.29) is 29.9 Å². The Kier molecular flexibility index (Phi) is 7.23. The van der Waals surface area contributed by atoms with Crippen molar-refractivity contribution in [1.82, 2.24) is 23.8 Å². The highest BCUT2D eigenvalue weighted by Crippen LogP contribution is 2.33. The number of carbonyl (C=O) groups excluding carboxylic acids is 1. The summed E-state index contributed by atoms with van der Waals surface area (Å²) < 4.78 is 30.0. The molecule has 1 N–H and O–H groups in total. The van der Waals surface area contributed by atoms with Crippen LogP contribution in [0.2, 0.25) is 0 Å². The van der Waals surface area contributed by atoms with Gasteiger partial charge in [0.1, 0.15) is 16.3 Å². The van der Waals surface area contributed by atoms with Gasteiger partial charge < -0.3 is 10.2 Å². The van der Waals surface area contributed by atoms with Crippen LogP contribution in [0.1, 0.15) is 17.4 Å². The quantitative estimate of drug-likeness (QED) is 0.369. The van der Waals surface area contributed by atoms with Crippen molar-refractivity contribution in [2.24, 2.45) is 0 Å². The molecule has 0 unspecified atom stereocenters. The molecule has 3 aromatic heterocycles. The smallest absolute Gasteiger partial charge is 0.263 e. The molecule has 4 aromatic rings. The van der Waals surface area contributed by atoms with E-state index in [0.717, 1.165) is 27.9 Å². The fourth-order valence-corrected chi connectivity index (χ4v) is 7.56. The molecule has 0 bridgehead atoms. The van der Waals surface area contributed by atoms with Crippen molar-refractivity contribution in [1.29, 1.82) is 0 Å². The first-order chi connectivity index (χ1) is 18.3. The first kappa shape index (κ1) is 25.9. The summed E-state index contributed by atoms with van der Waals surface area (Å²) in [5.41, 5.74) is 1.14. The van der Waals surface area contributed by atoms with Gasteiger partial charge >= 0.3 is 0 Å². The third kappa shape index (κ3) is 5.04. The zero-order chi connectivity index (χ0) is 26.9. The normalized spacial score (nSPS) is 14.6. The molecule has 198 valence electrons. The number of hydrogen-bond acceptors (Lipinski definition) is 9. The van der Waals surface area contributed by atoms with Crippen LogP contribution in [0.3, 0.4) is 0 Å². The Morgan fingerprint density at radius 3 is 2.53 bits per heavy atom. The molecule has 1 aromatic carbocycles. The van der Waals surface area contributed by atoms with Gasteiger partial charge in [0.2, 0.25) is 21.9 Å². The molecule has 0 atom stereocenters. The zero-order valence-electron chi connectivity index (χ0n) is 21.0. The first-order valence-electron chi connectivity index (χ1n) is 12.2. The Labute approximate surface area is 223 Å². The lowest BCUT2D eigenvalue weighted by Gasteiger charge is -2.33. The first-order valence-corrected chi connectivity index (χ1v) is 14.4. The summed E-state index contributed by atoms with van der Waals surface area (Å²) >= 11 is 1.15. The lowest BCUT2D eigenvalue weighted by atomic mass is 10.1. The fourth-order valence-electron chi connectivity index (χ4n) is 4.47. The molecule has 0 saturated carbocycles. The monoisotopic (exact) mass is 553 g/mol. The molecule has 11 nitrogen and oxygen atoms in total. The van der Waals surface area contributed by atoms with Crippen LogP contribution in [-0.2, 0) is 27.8 Å². The molecular weight excluding hydrogens is 526 g/mol. The molecule has 1 amide bonds. The molecule has 5 rings (SSSR count). The van der Waals surface area contributed by atoms with Crippen molar-refractivity contribution in [2.45, 2.75) is 31.7 Å². The number of benzene rings is 1. The summed E-state index contributed by atoms with van der Waals surface area (Å²) in [4.78, 5) is 41.7. The Hall–Kier alpha value is -3.68. The summed E-state index contributed by atoms with van der Waals surface area (Å²) in [7, 11) is -3.98. The van der Waals surface area contributed by atoms with Crippen molar-refractivity contribution in [3.8, 4) is 0 Å². The number of nitrogens with one attached hydrogen (secondary N) is 1. The number of fused-ring (bicyclic) bond motifs is 1. The number of piperazine rings is 1. The van der Waals surface area contributed by atoms with Gasteiger partial charge in [0.15, 0.2) is 0 Å². The van der Waals surface area contributed by atoms with E-state index in [1.54, 1.807) is 31.5 Å². The van der Waals surface area contributed by atoms with Crippen molar-refractivity contribution in [3.63, 3.8) is 0 Å². The molecule has 0 radical (unpaired) electrons. The molecule has 13 heteroatoms. The Balaban J connectivity index is 1.40.